The molecule has 0 unspecified atom stereocenters. The van der Waals surface area contributed by atoms with Crippen LogP contribution in [0, 0.1) is 0 Å². The van der Waals surface area contributed by atoms with E-state index in [9.17, 15) is 9.59 Å². The maximum absolute atomic E-state index is 12.4. The van der Waals surface area contributed by atoms with Crippen LogP contribution in [0.4, 0.5) is 5.69 Å². The number of ether oxygens (including phenoxy) is 3. The van der Waals surface area contributed by atoms with Crippen LogP contribution in [0.15, 0.2) is 42.5 Å². The summed E-state index contributed by atoms with van der Waals surface area (Å²) < 4.78 is 16.0. The highest BCUT2D eigenvalue weighted by atomic mass is 35.5. The summed E-state index contributed by atoms with van der Waals surface area (Å²) in [7, 11) is 0. The van der Waals surface area contributed by atoms with Crippen LogP contribution in [0.1, 0.15) is 17.3 Å². The fraction of sp³-hybridized carbons (Fsp3) is 0.263. The first kappa shape index (κ1) is 18.1. The summed E-state index contributed by atoms with van der Waals surface area (Å²) >= 11 is 6.12. The Labute approximate surface area is 156 Å². The van der Waals surface area contributed by atoms with Gasteiger partial charge in [0.1, 0.15) is 13.2 Å². The normalized spacial score (nSPS) is 12.4. The van der Waals surface area contributed by atoms with Gasteiger partial charge in [-0.25, -0.2) is 4.79 Å². The highest BCUT2D eigenvalue weighted by Gasteiger charge is 2.21. The van der Waals surface area contributed by atoms with Gasteiger partial charge in [0, 0.05) is 12.2 Å². The molecule has 2 aromatic rings. The van der Waals surface area contributed by atoms with E-state index in [1.807, 2.05) is 37.3 Å². The lowest BCUT2D eigenvalue weighted by atomic mass is 10.2. The number of fused-ring (bicyclic) bond motifs is 1. The zero-order valence-electron chi connectivity index (χ0n) is 14.2. The Bertz CT molecular complexity index is 809. The Kier molecular flexibility index (Phi) is 5.63. The van der Waals surface area contributed by atoms with Gasteiger partial charge in [-0.3, -0.25) is 4.79 Å². The van der Waals surface area contributed by atoms with E-state index >= 15 is 0 Å². The number of carbonyl (C=O) groups excluding carboxylic acids is 2. The zero-order chi connectivity index (χ0) is 18.5. The molecule has 1 amide bonds. The standard InChI is InChI=1S/C19H18ClNO5/c1-2-21(14-6-4-3-5-7-14)17(22)12-26-19(23)13-10-15(20)18-16(11-13)24-8-9-25-18/h3-7,10-11H,2,8-9,12H2,1H3. The number of amides is 1. The first-order valence-electron chi connectivity index (χ1n) is 8.22. The van der Waals surface area contributed by atoms with Gasteiger partial charge in [-0.05, 0) is 31.2 Å². The molecule has 6 nitrogen and oxygen atoms in total. The van der Waals surface area contributed by atoms with E-state index in [-0.39, 0.29) is 23.1 Å². The Morgan fingerprint density at radius 3 is 2.62 bits per heavy atom. The molecular formula is C19H18ClNO5. The van der Waals surface area contributed by atoms with Crippen molar-refractivity contribution in [1.29, 1.82) is 0 Å². The van der Waals surface area contributed by atoms with Gasteiger partial charge < -0.3 is 19.1 Å². The van der Waals surface area contributed by atoms with Crippen molar-refractivity contribution in [3.8, 4) is 11.5 Å². The predicted molar refractivity (Wildman–Crippen MR) is 97.2 cm³/mol. The molecule has 0 N–H and O–H groups in total. The number of rotatable bonds is 5. The number of hydrogen-bond donors (Lipinski definition) is 0. The number of esters is 1. The van der Waals surface area contributed by atoms with Gasteiger partial charge >= 0.3 is 5.97 Å². The summed E-state index contributed by atoms with van der Waals surface area (Å²) in [5.74, 6) is -0.162. The SMILES string of the molecule is CCN(C(=O)COC(=O)c1cc(Cl)c2c(c1)OCCO2)c1ccccc1. The molecule has 1 heterocycles. The largest absolute Gasteiger partial charge is 0.486 e. The van der Waals surface area contributed by atoms with Crippen molar-refractivity contribution in [2.75, 3.05) is 31.3 Å². The lowest BCUT2D eigenvalue weighted by Gasteiger charge is -2.21. The van der Waals surface area contributed by atoms with Crippen molar-refractivity contribution >= 4 is 29.2 Å². The molecule has 0 spiro atoms. The number of para-hydroxylation sites is 1. The second-order valence-electron chi connectivity index (χ2n) is 5.53. The quantitative estimate of drug-likeness (QED) is 0.750. The van der Waals surface area contributed by atoms with Gasteiger partial charge in [-0.15, -0.1) is 0 Å². The first-order chi connectivity index (χ1) is 12.6. The minimum Gasteiger partial charge on any atom is -0.486 e. The average molecular weight is 376 g/mol. The average Bonchev–Trinajstić information content (AvgIpc) is 2.67. The Balaban J connectivity index is 1.67. The topological polar surface area (TPSA) is 65.1 Å². The summed E-state index contributed by atoms with van der Waals surface area (Å²) in [5, 5.41) is 0.264. The minimum absolute atomic E-state index is 0.204. The van der Waals surface area contributed by atoms with E-state index in [0.29, 0.717) is 31.3 Å². The molecule has 0 radical (unpaired) electrons. The molecule has 0 saturated carbocycles. The molecule has 0 atom stereocenters. The number of benzene rings is 2. The molecule has 0 aliphatic carbocycles. The Morgan fingerprint density at radius 2 is 1.88 bits per heavy atom. The Hall–Kier alpha value is -2.73. The minimum atomic E-state index is -0.652. The van der Waals surface area contributed by atoms with Crippen LogP contribution in [0.2, 0.25) is 5.02 Å². The summed E-state index contributed by atoms with van der Waals surface area (Å²) in [6.45, 7) is 2.73. The number of anilines is 1. The van der Waals surface area contributed by atoms with Crippen LogP contribution >= 0.6 is 11.6 Å². The highest BCUT2D eigenvalue weighted by Crippen LogP contribution is 2.38. The second-order valence-corrected chi connectivity index (χ2v) is 5.94. The fourth-order valence-corrected chi connectivity index (χ4v) is 2.89. The van der Waals surface area contributed by atoms with Gasteiger partial charge in [0.2, 0.25) is 0 Å². The van der Waals surface area contributed by atoms with Crippen molar-refractivity contribution in [2.24, 2.45) is 0 Å². The molecule has 0 saturated heterocycles. The van der Waals surface area contributed by atoms with Crippen LogP contribution in [-0.4, -0.2) is 38.2 Å². The summed E-state index contributed by atoms with van der Waals surface area (Å²) in [6.07, 6.45) is 0. The second kappa shape index (κ2) is 8.10. The van der Waals surface area contributed by atoms with Gasteiger partial charge in [0.25, 0.3) is 5.91 Å². The molecule has 7 heteroatoms. The maximum atomic E-state index is 12.4. The summed E-state index contributed by atoms with van der Waals surface area (Å²) in [6, 6.07) is 12.1. The third-order valence-electron chi connectivity index (χ3n) is 3.84. The fourth-order valence-electron chi connectivity index (χ4n) is 2.63. The van der Waals surface area contributed by atoms with Gasteiger partial charge in [0.05, 0.1) is 10.6 Å². The van der Waals surface area contributed by atoms with Gasteiger partial charge in [-0.1, -0.05) is 29.8 Å². The summed E-state index contributed by atoms with van der Waals surface area (Å²) in [4.78, 5) is 26.2. The zero-order valence-corrected chi connectivity index (χ0v) is 15.0. The number of halogens is 1. The molecule has 1 aliphatic rings. The van der Waals surface area contributed by atoms with E-state index in [1.165, 1.54) is 12.1 Å². The van der Waals surface area contributed by atoms with E-state index < -0.39 is 5.97 Å². The first-order valence-corrected chi connectivity index (χ1v) is 8.59. The smallest absolute Gasteiger partial charge is 0.338 e. The molecule has 136 valence electrons. The highest BCUT2D eigenvalue weighted by molar-refractivity contribution is 6.32. The third-order valence-corrected chi connectivity index (χ3v) is 4.13. The van der Waals surface area contributed by atoms with Crippen molar-refractivity contribution in [2.45, 2.75) is 6.92 Å². The maximum Gasteiger partial charge on any atom is 0.338 e. The van der Waals surface area contributed by atoms with Crippen molar-refractivity contribution < 1.29 is 23.8 Å². The van der Waals surface area contributed by atoms with Crippen LogP contribution in [0.5, 0.6) is 11.5 Å². The summed E-state index contributed by atoms with van der Waals surface area (Å²) in [5.41, 5.74) is 0.952. The lowest BCUT2D eigenvalue weighted by molar-refractivity contribution is -0.121. The van der Waals surface area contributed by atoms with Crippen LogP contribution in [0.3, 0.4) is 0 Å². The number of likely N-dealkylation sites (N-methyl/N-ethyl adjacent to an activating group) is 1. The molecule has 0 fully saturated rings. The predicted octanol–water partition coefficient (Wildman–Crippen LogP) is 3.32. The molecule has 26 heavy (non-hydrogen) atoms. The monoisotopic (exact) mass is 375 g/mol. The van der Waals surface area contributed by atoms with Crippen LogP contribution < -0.4 is 14.4 Å². The van der Waals surface area contributed by atoms with E-state index in [2.05, 4.69) is 0 Å². The van der Waals surface area contributed by atoms with Crippen molar-refractivity contribution in [3.05, 3.63) is 53.1 Å². The lowest BCUT2D eigenvalue weighted by Crippen LogP contribution is -2.34. The van der Waals surface area contributed by atoms with Crippen molar-refractivity contribution in [3.63, 3.8) is 0 Å². The number of hydrogen-bond acceptors (Lipinski definition) is 5. The van der Waals surface area contributed by atoms with E-state index in [0.717, 1.165) is 5.69 Å². The third kappa shape index (κ3) is 3.91. The molecule has 1 aliphatic heterocycles. The molecule has 0 aromatic heterocycles. The Morgan fingerprint density at radius 1 is 1.15 bits per heavy atom. The van der Waals surface area contributed by atoms with Gasteiger partial charge in [-0.2, -0.15) is 0 Å². The van der Waals surface area contributed by atoms with Gasteiger partial charge in [0.15, 0.2) is 18.1 Å². The molecule has 0 bridgehead atoms. The van der Waals surface area contributed by atoms with Crippen LogP contribution in [0.25, 0.3) is 0 Å². The van der Waals surface area contributed by atoms with Crippen LogP contribution in [-0.2, 0) is 9.53 Å². The van der Waals surface area contributed by atoms with E-state index in [4.69, 9.17) is 25.8 Å². The van der Waals surface area contributed by atoms with E-state index in [1.54, 1.807) is 4.90 Å². The number of carbonyl (C=O) groups is 2. The molecule has 2 aromatic carbocycles. The van der Waals surface area contributed by atoms with Crippen molar-refractivity contribution in [1.82, 2.24) is 0 Å². The molecule has 3 rings (SSSR count). The molecular weight excluding hydrogens is 358 g/mol. The number of nitrogens with zero attached hydrogens (tertiary/aromatic N) is 1.